The van der Waals surface area contributed by atoms with Gasteiger partial charge in [0.25, 0.3) is 0 Å². The molecule has 3 N–H and O–H groups in total. The van der Waals surface area contributed by atoms with Crippen LogP contribution in [0.1, 0.15) is 19.3 Å². The van der Waals surface area contributed by atoms with Gasteiger partial charge in [-0.05, 0) is 19.1 Å². The number of urea groups is 1. The summed E-state index contributed by atoms with van der Waals surface area (Å²) in [6.45, 7) is 1.18. The maximum absolute atomic E-state index is 11.1. The molecule has 0 aromatic carbocycles. The molecule has 15 heavy (non-hydrogen) atoms. The highest BCUT2D eigenvalue weighted by Gasteiger charge is 1.99. The van der Waals surface area contributed by atoms with E-state index in [1.807, 2.05) is 6.26 Å². The number of hydrogen-bond donors (Lipinski definition) is 3. The van der Waals surface area contributed by atoms with Crippen LogP contribution in [-0.4, -0.2) is 42.2 Å². The average Bonchev–Trinajstić information content (AvgIpc) is 2.17. The molecule has 0 aliphatic heterocycles. The standard InChI is InChI=1S/C9H18N2O3S/c1-15-7-6-11-9(14)10-5-3-2-4-8(12)13/h2-7H2,1H3,(H,12,13)(H2,10,11,14). The van der Waals surface area contributed by atoms with Gasteiger partial charge in [0.05, 0.1) is 0 Å². The molecule has 0 rings (SSSR count). The Morgan fingerprint density at radius 2 is 1.87 bits per heavy atom. The molecule has 0 aliphatic rings. The highest BCUT2D eigenvalue weighted by molar-refractivity contribution is 7.98. The number of hydrogen-bond acceptors (Lipinski definition) is 3. The SMILES string of the molecule is CSCCNC(=O)NCCCCC(=O)O. The van der Waals surface area contributed by atoms with Crippen molar-refractivity contribution in [3.63, 3.8) is 0 Å². The van der Waals surface area contributed by atoms with Gasteiger partial charge >= 0.3 is 12.0 Å². The van der Waals surface area contributed by atoms with Crippen LogP contribution in [0, 0.1) is 0 Å². The molecule has 0 aromatic heterocycles. The highest BCUT2D eigenvalue weighted by atomic mass is 32.2. The van der Waals surface area contributed by atoms with E-state index in [4.69, 9.17) is 5.11 Å². The zero-order valence-electron chi connectivity index (χ0n) is 8.91. The molecular formula is C9H18N2O3S. The third-order valence-electron chi connectivity index (χ3n) is 1.69. The average molecular weight is 234 g/mol. The fraction of sp³-hybridized carbons (Fsp3) is 0.778. The number of aliphatic carboxylic acids is 1. The lowest BCUT2D eigenvalue weighted by atomic mass is 10.2. The number of carbonyl (C=O) groups excluding carboxylic acids is 1. The van der Waals surface area contributed by atoms with Crippen molar-refractivity contribution in [3.05, 3.63) is 0 Å². The monoisotopic (exact) mass is 234 g/mol. The van der Waals surface area contributed by atoms with Crippen LogP contribution in [0.5, 0.6) is 0 Å². The topological polar surface area (TPSA) is 78.4 Å². The maximum Gasteiger partial charge on any atom is 0.314 e. The zero-order chi connectivity index (χ0) is 11.5. The first-order valence-electron chi connectivity index (χ1n) is 4.89. The summed E-state index contributed by atoms with van der Waals surface area (Å²) in [7, 11) is 0. The van der Waals surface area contributed by atoms with Crippen molar-refractivity contribution in [2.75, 3.05) is 25.1 Å². The van der Waals surface area contributed by atoms with Gasteiger partial charge in [0, 0.05) is 25.3 Å². The Labute approximate surface area is 94.0 Å². The lowest BCUT2D eigenvalue weighted by Crippen LogP contribution is -2.37. The van der Waals surface area contributed by atoms with Crippen molar-refractivity contribution in [3.8, 4) is 0 Å². The molecule has 0 aromatic rings. The second-order valence-electron chi connectivity index (χ2n) is 3.03. The number of carbonyl (C=O) groups is 2. The summed E-state index contributed by atoms with van der Waals surface area (Å²) >= 11 is 1.67. The van der Waals surface area contributed by atoms with Crippen molar-refractivity contribution >= 4 is 23.8 Å². The van der Waals surface area contributed by atoms with E-state index in [0.717, 1.165) is 5.75 Å². The van der Waals surface area contributed by atoms with Crippen molar-refractivity contribution in [1.82, 2.24) is 10.6 Å². The van der Waals surface area contributed by atoms with Crippen LogP contribution < -0.4 is 10.6 Å². The van der Waals surface area contributed by atoms with Crippen LogP contribution in [0.4, 0.5) is 4.79 Å². The van der Waals surface area contributed by atoms with Gasteiger partial charge in [0.2, 0.25) is 0 Å². The third-order valence-corrected chi connectivity index (χ3v) is 2.31. The summed E-state index contributed by atoms with van der Waals surface area (Å²) in [5, 5.41) is 13.7. The molecule has 0 radical (unpaired) electrons. The number of thioether (sulfide) groups is 1. The van der Waals surface area contributed by atoms with Crippen LogP contribution in [-0.2, 0) is 4.79 Å². The minimum atomic E-state index is -0.792. The van der Waals surface area contributed by atoms with Crippen LogP contribution in [0.15, 0.2) is 0 Å². The number of unbranched alkanes of at least 4 members (excludes halogenated alkanes) is 1. The second-order valence-corrected chi connectivity index (χ2v) is 4.01. The van der Waals surface area contributed by atoms with Gasteiger partial charge in [-0.15, -0.1) is 0 Å². The summed E-state index contributed by atoms with van der Waals surface area (Å²) in [5.41, 5.74) is 0. The van der Waals surface area contributed by atoms with Gasteiger partial charge in [0.15, 0.2) is 0 Å². The van der Waals surface area contributed by atoms with Crippen molar-refractivity contribution in [2.24, 2.45) is 0 Å². The Morgan fingerprint density at radius 1 is 1.20 bits per heavy atom. The van der Waals surface area contributed by atoms with E-state index in [1.165, 1.54) is 0 Å². The Kier molecular flexibility index (Phi) is 9.05. The molecule has 0 saturated heterocycles. The van der Waals surface area contributed by atoms with Crippen LogP contribution in [0.3, 0.4) is 0 Å². The van der Waals surface area contributed by atoms with E-state index in [0.29, 0.717) is 25.9 Å². The van der Waals surface area contributed by atoms with Crippen molar-refractivity contribution in [1.29, 1.82) is 0 Å². The molecule has 0 aliphatic carbocycles. The first-order valence-corrected chi connectivity index (χ1v) is 6.28. The zero-order valence-corrected chi connectivity index (χ0v) is 9.73. The number of rotatable bonds is 8. The molecule has 0 fully saturated rings. The van der Waals surface area contributed by atoms with Gasteiger partial charge in [-0.25, -0.2) is 4.79 Å². The van der Waals surface area contributed by atoms with Gasteiger partial charge in [-0.1, -0.05) is 0 Å². The second kappa shape index (κ2) is 9.64. The van der Waals surface area contributed by atoms with E-state index in [-0.39, 0.29) is 12.5 Å². The van der Waals surface area contributed by atoms with Gasteiger partial charge < -0.3 is 15.7 Å². The Hall–Kier alpha value is -0.910. The van der Waals surface area contributed by atoms with E-state index < -0.39 is 5.97 Å². The van der Waals surface area contributed by atoms with Crippen LogP contribution in [0.25, 0.3) is 0 Å². The van der Waals surface area contributed by atoms with Crippen molar-refractivity contribution in [2.45, 2.75) is 19.3 Å². The number of carboxylic acids is 1. The van der Waals surface area contributed by atoms with Gasteiger partial charge in [-0.3, -0.25) is 4.79 Å². The predicted octanol–water partition coefficient (Wildman–Crippen LogP) is 0.903. The molecule has 5 nitrogen and oxygen atoms in total. The lowest BCUT2D eigenvalue weighted by molar-refractivity contribution is -0.137. The Balaban J connectivity index is 3.20. The summed E-state index contributed by atoms with van der Waals surface area (Å²) in [4.78, 5) is 21.2. The number of nitrogens with one attached hydrogen (secondary N) is 2. The Morgan fingerprint density at radius 3 is 2.47 bits per heavy atom. The molecule has 2 amide bonds. The first-order chi connectivity index (χ1) is 7.16. The van der Waals surface area contributed by atoms with Crippen molar-refractivity contribution < 1.29 is 14.7 Å². The normalized spacial score (nSPS) is 9.67. The van der Waals surface area contributed by atoms with E-state index in [1.54, 1.807) is 11.8 Å². The molecule has 0 unspecified atom stereocenters. The predicted molar refractivity (Wildman–Crippen MR) is 61.3 cm³/mol. The fourth-order valence-electron chi connectivity index (χ4n) is 0.932. The Bertz CT molecular complexity index is 200. The smallest absolute Gasteiger partial charge is 0.314 e. The van der Waals surface area contributed by atoms with Gasteiger partial charge in [0.1, 0.15) is 0 Å². The molecule has 88 valence electrons. The summed E-state index contributed by atoms with van der Waals surface area (Å²) in [5.74, 6) is 0.103. The summed E-state index contributed by atoms with van der Waals surface area (Å²) < 4.78 is 0. The first kappa shape index (κ1) is 14.1. The van der Waals surface area contributed by atoms with Crippen LogP contribution in [0.2, 0.25) is 0 Å². The van der Waals surface area contributed by atoms with E-state index in [9.17, 15) is 9.59 Å². The molecule has 0 atom stereocenters. The molecule has 0 saturated carbocycles. The largest absolute Gasteiger partial charge is 0.481 e. The third kappa shape index (κ3) is 11.0. The fourth-order valence-corrected chi connectivity index (χ4v) is 1.24. The molecule has 0 bridgehead atoms. The number of amides is 2. The molecule has 6 heteroatoms. The molecular weight excluding hydrogens is 216 g/mol. The van der Waals surface area contributed by atoms with E-state index in [2.05, 4.69) is 10.6 Å². The summed E-state index contributed by atoms with van der Waals surface area (Å²) in [6, 6.07) is -0.181. The lowest BCUT2D eigenvalue weighted by Gasteiger charge is -2.05. The van der Waals surface area contributed by atoms with E-state index >= 15 is 0 Å². The van der Waals surface area contributed by atoms with Gasteiger partial charge in [-0.2, -0.15) is 11.8 Å². The molecule has 0 spiro atoms. The quantitative estimate of drug-likeness (QED) is 0.545. The minimum absolute atomic E-state index is 0.162. The highest BCUT2D eigenvalue weighted by Crippen LogP contribution is 1.93. The molecule has 0 heterocycles. The van der Waals surface area contributed by atoms with Crippen LogP contribution >= 0.6 is 11.8 Å². The summed E-state index contributed by atoms with van der Waals surface area (Å²) in [6.07, 6.45) is 3.43. The minimum Gasteiger partial charge on any atom is -0.481 e. The number of carboxylic acid groups (broad SMARTS) is 1. The maximum atomic E-state index is 11.1.